The Morgan fingerprint density at radius 1 is 1.12 bits per heavy atom. The molecule has 0 bridgehead atoms. The molecule has 0 aliphatic heterocycles. The third kappa shape index (κ3) is 4.27. The Bertz CT molecular complexity index is 405. The predicted molar refractivity (Wildman–Crippen MR) is 70.5 cm³/mol. The molecule has 0 atom stereocenters. The van der Waals surface area contributed by atoms with Gasteiger partial charge in [-0.1, -0.05) is 23.8 Å². The maximum absolute atomic E-state index is 12.4. The fourth-order valence-corrected chi connectivity index (χ4v) is 3.57. The summed E-state index contributed by atoms with van der Waals surface area (Å²) >= 11 is 0. The van der Waals surface area contributed by atoms with E-state index in [2.05, 4.69) is 6.07 Å². The Labute approximate surface area is 104 Å². The Morgan fingerprint density at radius 3 is 2.18 bits per heavy atom. The summed E-state index contributed by atoms with van der Waals surface area (Å²) in [7, 11) is -2.98. The minimum Gasteiger partial charge on any atom is -0.309 e. The van der Waals surface area contributed by atoms with Crippen molar-refractivity contribution >= 4 is 7.60 Å². The van der Waals surface area contributed by atoms with Crippen LogP contribution in [0.25, 0.3) is 0 Å². The zero-order valence-corrected chi connectivity index (χ0v) is 11.9. The second-order valence-electron chi connectivity index (χ2n) is 4.03. The quantitative estimate of drug-likeness (QED) is 0.720. The first-order chi connectivity index (χ1) is 8.00. The van der Waals surface area contributed by atoms with Crippen molar-refractivity contribution in [3.63, 3.8) is 0 Å². The molecule has 0 N–H and O–H groups in total. The van der Waals surface area contributed by atoms with E-state index in [0.29, 0.717) is 19.4 Å². The van der Waals surface area contributed by atoms with E-state index >= 15 is 0 Å². The molecule has 96 valence electrons. The second-order valence-corrected chi connectivity index (χ2v) is 6.09. The smallest absolute Gasteiger partial charge is 0.309 e. The highest BCUT2D eigenvalue weighted by atomic mass is 31.2. The van der Waals surface area contributed by atoms with E-state index in [4.69, 9.17) is 9.05 Å². The van der Waals surface area contributed by atoms with Crippen LogP contribution in [0.4, 0.5) is 0 Å². The highest BCUT2D eigenvalue weighted by Crippen LogP contribution is 2.51. The highest BCUT2D eigenvalue weighted by molar-refractivity contribution is 7.53. The van der Waals surface area contributed by atoms with Gasteiger partial charge >= 0.3 is 7.60 Å². The van der Waals surface area contributed by atoms with Gasteiger partial charge in [-0.05, 0) is 38.8 Å². The van der Waals surface area contributed by atoms with Crippen molar-refractivity contribution in [3.05, 3.63) is 34.9 Å². The third-order valence-electron chi connectivity index (χ3n) is 2.51. The van der Waals surface area contributed by atoms with E-state index in [9.17, 15) is 4.57 Å². The van der Waals surface area contributed by atoms with Gasteiger partial charge in [-0.2, -0.15) is 0 Å². The van der Waals surface area contributed by atoms with Crippen LogP contribution in [0.15, 0.2) is 18.2 Å². The number of rotatable bonds is 6. The molecule has 1 rings (SSSR count). The molecule has 4 heteroatoms. The summed E-state index contributed by atoms with van der Waals surface area (Å²) in [6.45, 7) is 8.53. The molecule has 0 fully saturated rings. The number of benzene rings is 1. The lowest BCUT2D eigenvalue weighted by molar-refractivity contribution is 0.219. The van der Waals surface area contributed by atoms with Crippen LogP contribution in [0.3, 0.4) is 0 Å². The molecule has 0 saturated carbocycles. The van der Waals surface area contributed by atoms with Crippen molar-refractivity contribution in [1.82, 2.24) is 0 Å². The van der Waals surface area contributed by atoms with Crippen molar-refractivity contribution in [1.29, 1.82) is 0 Å². The van der Waals surface area contributed by atoms with Crippen LogP contribution in [0.5, 0.6) is 0 Å². The predicted octanol–water partition coefficient (Wildman–Crippen LogP) is 4.07. The third-order valence-corrected chi connectivity index (χ3v) is 4.54. The maximum atomic E-state index is 12.4. The largest absolute Gasteiger partial charge is 0.335 e. The first-order valence-corrected chi connectivity index (χ1v) is 7.68. The van der Waals surface area contributed by atoms with Gasteiger partial charge < -0.3 is 9.05 Å². The van der Waals surface area contributed by atoms with Crippen LogP contribution in [-0.4, -0.2) is 13.2 Å². The van der Waals surface area contributed by atoms with Crippen LogP contribution in [-0.2, 0) is 19.8 Å². The minimum atomic E-state index is -2.98. The standard InChI is InChI=1S/C13H21O3P/c1-5-15-17(14,16-6-2)10-13-8-7-11(3)9-12(13)4/h7-9H,5-6,10H2,1-4H3. The van der Waals surface area contributed by atoms with E-state index in [-0.39, 0.29) is 0 Å². The molecular weight excluding hydrogens is 235 g/mol. The second kappa shape index (κ2) is 6.34. The molecule has 0 amide bonds. The average Bonchev–Trinajstić information content (AvgIpc) is 2.23. The lowest BCUT2D eigenvalue weighted by Crippen LogP contribution is -2.00. The Morgan fingerprint density at radius 2 is 1.71 bits per heavy atom. The van der Waals surface area contributed by atoms with E-state index in [1.54, 1.807) is 0 Å². The summed E-state index contributed by atoms with van der Waals surface area (Å²) < 4.78 is 23.0. The summed E-state index contributed by atoms with van der Waals surface area (Å²) in [5, 5.41) is 0. The number of aryl methyl sites for hydroxylation is 2. The van der Waals surface area contributed by atoms with Gasteiger partial charge in [0.05, 0.1) is 19.4 Å². The molecule has 0 aliphatic carbocycles. The van der Waals surface area contributed by atoms with Gasteiger partial charge in [0.25, 0.3) is 0 Å². The molecule has 0 radical (unpaired) electrons. The van der Waals surface area contributed by atoms with E-state index in [0.717, 1.165) is 11.1 Å². The molecule has 1 aromatic carbocycles. The van der Waals surface area contributed by atoms with Crippen molar-refractivity contribution in [2.75, 3.05) is 13.2 Å². The summed E-state index contributed by atoms with van der Waals surface area (Å²) in [6.07, 6.45) is 0.348. The zero-order chi connectivity index (χ0) is 12.9. The first kappa shape index (κ1) is 14.4. The number of hydrogen-bond acceptors (Lipinski definition) is 3. The van der Waals surface area contributed by atoms with Gasteiger partial charge in [0.15, 0.2) is 0 Å². The van der Waals surface area contributed by atoms with E-state index in [1.807, 2.05) is 39.8 Å². The van der Waals surface area contributed by atoms with Crippen LogP contribution in [0.2, 0.25) is 0 Å². The molecule has 1 aromatic rings. The average molecular weight is 256 g/mol. The van der Waals surface area contributed by atoms with Crippen molar-refractivity contribution < 1.29 is 13.6 Å². The molecule has 0 heterocycles. The van der Waals surface area contributed by atoms with Crippen LogP contribution >= 0.6 is 7.60 Å². The van der Waals surface area contributed by atoms with E-state index < -0.39 is 7.60 Å². The normalized spacial score (nSPS) is 11.8. The van der Waals surface area contributed by atoms with Crippen LogP contribution < -0.4 is 0 Å². The molecule has 0 saturated heterocycles. The Hall–Kier alpha value is -0.630. The fraction of sp³-hybridized carbons (Fsp3) is 0.538. The molecule has 0 unspecified atom stereocenters. The lowest BCUT2D eigenvalue weighted by atomic mass is 10.1. The van der Waals surface area contributed by atoms with Crippen LogP contribution in [0.1, 0.15) is 30.5 Å². The molecule has 0 aliphatic rings. The Balaban J connectivity index is 2.89. The molecule has 0 spiro atoms. The highest BCUT2D eigenvalue weighted by Gasteiger charge is 2.24. The van der Waals surface area contributed by atoms with Crippen molar-refractivity contribution in [2.45, 2.75) is 33.9 Å². The van der Waals surface area contributed by atoms with Gasteiger partial charge in [0.1, 0.15) is 0 Å². The fourth-order valence-electron chi connectivity index (χ4n) is 1.75. The molecule has 3 nitrogen and oxygen atoms in total. The summed E-state index contributed by atoms with van der Waals surface area (Å²) in [4.78, 5) is 0. The number of hydrogen-bond donors (Lipinski definition) is 0. The molecule has 17 heavy (non-hydrogen) atoms. The van der Waals surface area contributed by atoms with E-state index in [1.165, 1.54) is 5.56 Å². The zero-order valence-electron chi connectivity index (χ0n) is 11.0. The topological polar surface area (TPSA) is 35.5 Å². The summed E-state index contributed by atoms with van der Waals surface area (Å²) in [6, 6.07) is 6.09. The SMILES string of the molecule is CCOP(=O)(Cc1ccc(C)cc1C)OCC. The van der Waals surface area contributed by atoms with Gasteiger partial charge in [0.2, 0.25) is 0 Å². The van der Waals surface area contributed by atoms with Crippen molar-refractivity contribution in [2.24, 2.45) is 0 Å². The van der Waals surface area contributed by atoms with Crippen molar-refractivity contribution in [3.8, 4) is 0 Å². The van der Waals surface area contributed by atoms with Gasteiger partial charge in [0, 0.05) is 0 Å². The van der Waals surface area contributed by atoms with Crippen LogP contribution in [0, 0.1) is 13.8 Å². The lowest BCUT2D eigenvalue weighted by Gasteiger charge is -2.18. The first-order valence-electron chi connectivity index (χ1n) is 5.95. The maximum Gasteiger partial charge on any atom is 0.335 e. The minimum absolute atomic E-state index is 0.348. The Kier molecular flexibility index (Phi) is 5.38. The molecule has 0 aromatic heterocycles. The van der Waals surface area contributed by atoms with Gasteiger partial charge in [-0.15, -0.1) is 0 Å². The summed E-state index contributed by atoms with van der Waals surface area (Å²) in [5.41, 5.74) is 3.36. The molecular formula is C13H21O3P. The summed E-state index contributed by atoms with van der Waals surface area (Å²) in [5.74, 6) is 0. The van der Waals surface area contributed by atoms with Gasteiger partial charge in [-0.3, -0.25) is 4.57 Å². The monoisotopic (exact) mass is 256 g/mol. The van der Waals surface area contributed by atoms with Gasteiger partial charge in [-0.25, -0.2) is 0 Å².